The molecule has 6 heteroatoms. The number of pyridine rings is 1. The van der Waals surface area contributed by atoms with E-state index in [1.807, 2.05) is 12.2 Å². The number of carbonyl (C=O) groups excluding carboxylic acids is 1. The highest BCUT2D eigenvalue weighted by atomic mass is 35.5. The first-order valence-electron chi connectivity index (χ1n) is 6.39. The number of hydrogen-bond donors (Lipinski definition) is 2. The Bertz CT molecular complexity index is 602. The number of hydrogen-bond acceptors (Lipinski definition) is 3. The average Bonchev–Trinajstić information content (AvgIpc) is 3.01. The first-order chi connectivity index (χ1) is 9.58. The van der Waals surface area contributed by atoms with Crippen LogP contribution in [-0.4, -0.2) is 22.0 Å². The third-order valence-electron chi connectivity index (χ3n) is 4.07. The van der Waals surface area contributed by atoms with Gasteiger partial charge in [-0.3, -0.25) is 14.6 Å². The van der Waals surface area contributed by atoms with Crippen molar-refractivity contribution < 1.29 is 14.7 Å². The van der Waals surface area contributed by atoms with Gasteiger partial charge in [-0.15, -0.1) is 0 Å². The summed E-state index contributed by atoms with van der Waals surface area (Å²) in [5.74, 6) is -2.46. The van der Waals surface area contributed by atoms with Crippen LogP contribution in [0.4, 0.5) is 5.69 Å². The molecule has 2 aliphatic rings. The fourth-order valence-electron chi connectivity index (χ4n) is 3.20. The monoisotopic (exact) mass is 292 g/mol. The number of rotatable bonds is 3. The Labute approximate surface area is 120 Å². The molecule has 1 aromatic heterocycles. The van der Waals surface area contributed by atoms with Crippen molar-refractivity contribution in [1.29, 1.82) is 0 Å². The number of halogens is 1. The Morgan fingerprint density at radius 2 is 2.00 bits per heavy atom. The van der Waals surface area contributed by atoms with Gasteiger partial charge in [0.25, 0.3) is 0 Å². The molecule has 2 aliphatic carbocycles. The molecule has 4 unspecified atom stereocenters. The second-order valence-electron chi connectivity index (χ2n) is 5.18. The fourth-order valence-corrected chi connectivity index (χ4v) is 3.35. The molecule has 0 saturated heterocycles. The number of carbonyl (C=O) groups is 2. The standard InChI is InChI=1S/C14H13ClN2O3/c15-9-3-4-16-6-10(9)17-13(18)11-7-1-2-8(5-7)12(11)14(19)20/h1-4,6-8,11-12H,5H2,(H,17,18)(H,19,20). The number of aliphatic carboxylic acids is 1. The van der Waals surface area contributed by atoms with Crippen LogP contribution in [0.15, 0.2) is 30.6 Å². The maximum absolute atomic E-state index is 12.4. The Kier molecular flexibility index (Phi) is 3.22. The molecule has 2 N–H and O–H groups in total. The lowest BCUT2D eigenvalue weighted by Gasteiger charge is -2.23. The lowest BCUT2D eigenvalue weighted by Crippen LogP contribution is -2.36. The molecule has 1 heterocycles. The van der Waals surface area contributed by atoms with Gasteiger partial charge in [-0.05, 0) is 24.3 Å². The molecule has 20 heavy (non-hydrogen) atoms. The summed E-state index contributed by atoms with van der Waals surface area (Å²) < 4.78 is 0. The van der Waals surface area contributed by atoms with E-state index in [9.17, 15) is 14.7 Å². The highest BCUT2D eigenvalue weighted by Gasteiger charge is 2.51. The van der Waals surface area contributed by atoms with E-state index in [4.69, 9.17) is 11.6 Å². The Morgan fingerprint density at radius 1 is 1.30 bits per heavy atom. The van der Waals surface area contributed by atoms with Crippen molar-refractivity contribution >= 4 is 29.2 Å². The van der Waals surface area contributed by atoms with Crippen LogP contribution < -0.4 is 5.32 Å². The van der Waals surface area contributed by atoms with E-state index in [0.29, 0.717) is 10.7 Å². The lowest BCUT2D eigenvalue weighted by molar-refractivity contribution is -0.146. The number of amides is 1. The lowest BCUT2D eigenvalue weighted by atomic mass is 9.82. The number of nitrogens with one attached hydrogen (secondary N) is 1. The van der Waals surface area contributed by atoms with Gasteiger partial charge >= 0.3 is 5.97 Å². The summed E-state index contributed by atoms with van der Waals surface area (Å²) in [6.07, 6.45) is 7.57. The maximum atomic E-state index is 12.4. The van der Waals surface area contributed by atoms with Crippen molar-refractivity contribution in [2.24, 2.45) is 23.7 Å². The van der Waals surface area contributed by atoms with Gasteiger partial charge in [0.1, 0.15) is 0 Å². The molecular weight excluding hydrogens is 280 g/mol. The third-order valence-corrected chi connectivity index (χ3v) is 4.40. The van der Waals surface area contributed by atoms with E-state index in [2.05, 4.69) is 10.3 Å². The minimum atomic E-state index is -0.917. The molecule has 0 aromatic carbocycles. The number of anilines is 1. The molecule has 4 atom stereocenters. The van der Waals surface area contributed by atoms with Crippen LogP contribution in [0.3, 0.4) is 0 Å². The molecule has 1 fully saturated rings. The minimum absolute atomic E-state index is 0.00320. The van der Waals surface area contributed by atoms with Gasteiger partial charge < -0.3 is 10.4 Å². The minimum Gasteiger partial charge on any atom is -0.481 e. The van der Waals surface area contributed by atoms with E-state index in [1.165, 1.54) is 12.4 Å². The van der Waals surface area contributed by atoms with Gasteiger partial charge in [-0.1, -0.05) is 23.8 Å². The molecule has 1 amide bonds. The predicted octanol–water partition coefficient (Wildman–Crippen LogP) is 2.20. The van der Waals surface area contributed by atoms with Crippen LogP contribution in [0, 0.1) is 23.7 Å². The molecule has 0 spiro atoms. The van der Waals surface area contributed by atoms with E-state index in [0.717, 1.165) is 6.42 Å². The van der Waals surface area contributed by atoms with Crippen LogP contribution in [0.2, 0.25) is 5.02 Å². The summed E-state index contributed by atoms with van der Waals surface area (Å²) in [7, 11) is 0. The van der Waals surface area contributed by atoms with Gasteiger partial charge in [0, 0.05) is 6.20 Å². The molecule has 3 rings (SSSR count). The summed E-state index contributed by atoms with van der Waals surface area (Å²) >= 11 is 5.97. The summed E-state index contributed by atoms with van der Waals surface area (Å²) in [5, 5.41) is 12.4. The highest BCUT2D eigenvalue weighted by Crippen LogP contribution is 2.48. The predicted molar refractivity (Wildman–Crippen MR) is 73.2 cm³/mol. The second-order valence-corrected chi connectivity index (χ2v) is 5.59. The summed E-state index contributed by atoms with van der Waals surface area (Å²) in [6.45, 7) is 0. The van der Waals surface area contributed by atoms with Gasteiger partial charge in [-0.2, -0.15) is 0 Å². The van der Waals surface area contributed by atoms with Crippen molar-refractivity contribution in [2.45, 2.75) is 6.42 Å². The highest BCUT2D eigenvalue weighted by molar-refractivity contribution is 6.33. The molecule has 0 aliphatic heterocycles. The number of aromatic nitrogens is 1. The molecular formula is C14H13ClN2O3. The van der Waals surface area contributed by atoms with Gasteiger partial charge in [0.2, 0.25) is 5.91 Å². The zero-order valence-electron chi connectivity index (χ0n) is 10.5. The summed E-state index contributed by atoms with van der Waals surface area (Å²) in [4.78, 5) is 27.6. The third kappa shape index (κ3) is 2.08. The molecule has 104 valence electrons. The smallest absolute Gasteiger partial charge is 0.307 e. The topological polar surface area (TPSA) is 79.3 Å². The first-order valence-corrected chi connectivity index (χ1v) is 6.77. The van der Waals surface area contributed by atoms with Crippen molar-refractivity contribution in [3.05, 3.63) is 35.6 Å². The number of nitrogens with zero attached hydrogens (tertiary/aromatic N) is 1. The Hall–Kier alpha value is -1.88. The van der Waals surface area contributed by atoms with Crippen LogP contribution >= 0.6 is 11.6 Å². The van der Waals surface area contributed by atoms with Crippen LogP contribution in [0.5, 0.6) is 0 Å². The first kappa shape index (κ1) is 13.1. The van der Waals surface area contributed by atoms with Gasteiger partial charge in [0.15, 0.2) is 0 Å². The van der Waals surface area contributed by atoms with Crippen molar-refractivity contribution in [1.82, 2.24) is 4.98 Å². The van der Waals surface area contributed by atoms with E-state index < -0.39 is 17.8 Å². The Balaban J connectivity index is 1.82. The molecule has 1 saturated carbocycles. The summed E-state index contributed by atoms with van der Waals surface area (Å²) in [5.41, 5.74) is 0.412. The van der Waals surface area contributed by atoms with Gasteiger partial charge in [0.05, 0.1) is 28.7 Å². The van der Waals surface area contributed by atoms with Gasteiger partial charge in [-0.25, -0.2) is 0 Å². The number of fused-ring (bicyclic) bond motifs is 2. The van der Waals surface area contributed by atoms with E-state index in [1.54, 1.807) is 6.07 Å². The zero-order chi connectivity index (χ0) is 14.3. The number of carboxylic acids is 1. The van der Waals surface area contributed by atoms with Crippen LogP contribution in [0.25, 0.3) is 0 Å². The molecule has 0 radical (unpaired) electrons. The zero-order valence-corrected chi connectivity index (χ0v) is 11.2. The van der Waals surface area contributed by atoms with Crippen LogP contribution in [0.1, 0.15) is 6.42 Å². The quantitative estimate of drug-likeness (QED) is 0.837. The molecule has 2 bridgehead atoms. The van der Waals surface area contributed by atoms with Crippen LogP contribution in [-0.2, 0) is 9.59 Å². The van der Waals surface area contributed by atoms with E-state index in [-0.39, 0.29) is 17.7 Å². The summed E-state index contributed by atoms with van der Waals surface area (Å²) in [6, 6.07) is 1.58. The maximum Gasteiger partial charge on any atom is 0.307 e. The number of carboxylic acid groups (broad SMARTS) is 1. The van der Waals surface area contributed by atoms with Crippen molar-refractivity contribution in [3.63, 3.8) is 0 Å². The number of allylic oxidation sites excluding steroid dienone is 2. The van der Waals surface area contributed by atoms with E-state index >= 15 is 0 Å². The fraction of sp³-hybridized carbons (Fsp3) is 0.357. The van der Waals surface area contributed by atoms with Crippen molar-refractivity contribution in [3.8, 4) is 0 Å². The SMILES string of the molecule is O=C(O)C1C2C=CC(C2)C1C(=O)Nc1cnccc1Cl. The van der Waals surface area contributed by atoms with Crippen molar-refractivity contribution in [2.75, 3.05) is 5.32 Å². The second kappa shape index (κ2) is 4.90. The molecule has 5 nitrogen and oxygen atoms in total. The largest absolute Gasteiger partial charge is 0.481 e. The average molecular weight is 293 g/mol. The molecule has 1 aromatic rings. The Morgan fingerprint density at radius 3 is 2.65 bits per heavy atom. The normalized spacial score (nSPS) is 30.4.